The van der Waals surface area contributed by atoms with E-state index in [1.807, 2.05) is 22.6 Å². The first-order valence-electron chi connectivity index (χ1n) is 6.04. The standard InChI is InChI=1S/C13H16INO3/c14-11-5-4-9(7-12(11)17)13(18)15-6-2-1-3-10(15)8-16/h4-5,7,10,16-17H,1-3,6,8H2. The number of phenols is 1. The summed E-state index contributed by atoms with van der Waals surface area (Å²) >= 11 is 2.02. The van der Waals surface area contributed by atoms with Crippen LogP contribution in [0.15, 0.2) is 18.2 Å². The number of likely N-dealkylation sites (tertiary alicyclic amines) is 1. The summed E-state index contributed by atoms with van der Waals surface area (Å²) in [7, 11) is 0. The van der Waals surface area contributed by atoms with E-state index in [-0.39, 0.29) is 24.3 Å². The molecule has 5 heteroatoms. The van der Waals surface area contributed by atoms with Gasteiger partial charge in [-0.25, -0.2) is 0 Å². The molecular weight excluding hydrogens is 345 g/mol. The number of aromatic hydroxyl groups is 1. The number of hydrogen-bond donors (Lipinski definition) is 2. The molecule has 2 N–H and O–H groups in total. The van der Waals surface area contributed by atoms with Gasteiger partial charge in [0.05, 0.1) is 16.2 Å². The van der Waals surface area contributed by atoms with Crippen molar-refractivity contribution < 1.29 is 15.0 Å². The summed E-state index contributed by atoms with van der Waals surface area (Å²) in [5, 5.41) is 19.0. The van der Waals surface area contributed by atoms with Crippen molar-refractivity contribution in [2.24, 2.45) is 0 Å². The molecule has 0 radical (unpaired) electrons. The van der Waals surface area contributed by atoms with Crippen molar-refractivity contribution in [3.8, 4) is 5.75 Å². The second kappa shape index (κ2) is 5.88. The number of carbonyl (C=O) groups excluding carboxylic acids is 1. The van der Waals surface area contributed by atoms with Gasteiger partial charge in [-0.15, -0.1) is 0 Å². The second-order valence-electron chi connectivity index (χ2n) is 4.50. The fourth-order valence-corrected chi connectivity index (χ4v) is 2.60. The highest BCUT2D eigenvalue weighted by molar-refractivity contribution is 14.1. The molecule has 1 saturated heterocycles. The topological polar surface area (TPSA) is 60.8 Å². The van der Waals surface area contributed by atoms with E-state index >= 15 is 0 Å². The average Bonchev–Trinajstić information content (AvgIpc) is 2.41. The molecule has 0 aliphatic carbocycles. The van der Waals surface area contributed by atoms with Crippen LogP contribution in [0.25, 0.3) is 0 Å². The molecule has 1 heterocycles. The maximum Gasteiger partial charge on any atom is 0.254 e. The number of phenolic OH excluding ortho intramolecular Hbond substituents is 1. The van der Waals surface area contributed by atoms with Crippen molar-refractivity contribution in [3.63, 3.8) is 0 Å². The van der Waals surface area contributed by atoms with Gasteiger partial charge in [0.2, 0.25) is 0 Å². The third kappa shape index (κ3) is 2.77. The fourth-order valence-electron chi connectivity index (χ4n) is 2.27. The molecule has 1 aromatic carbocycles. The lowest BCUT2D eigenvalue weighted by atomic mass is 10.0. The molecule has 0 aromatic heterocycles. The maximum absolute atomic E-state index is 12.3. The van der Waals surface area contributed by atoms with E-state index in [9.17, 15) is 15.0 Å². The summed E-state index contributed by atoms with van der Waals surface area (Å²) in [4.78, 5) is 14.0. The molecule has 0 spiro atoms. The van der Waals surface area contributed by atoms with Crippen molar-refractivity contribution in [2.75, 3.05) is 13.2 Å². The zero-order valence-electron chi connectivity index (χ0n) is 9.97. The molecule has 2 rings (SSSR count). The van der Waals surface area contributed by atoms with Gasteiger partial charge in [0, 0.05) is 12.1 Å². The first-order valence-corrected chi connectivity index (χ1v) is 7.11. The Balaban J connectivity index is 2.21. The molecule has 1 unspecified atom stereocenters. The predicted molar refractivity (Wildman–Crippen MR) is 76.6 cm³/mol. The van der Waals surface area contributed by atoms with E-state index in [1.165, 1.54) is 6.07 Å². The summed E-state index contributed by atoms with van der Waals surface area (Å²) < 4.78 is 0.724. The van der Waals surface area contributed by atoms with Crippen molar-refractivity contribution in [1.29, 1.82) is 0 Å². The van der Waals surface area contributed by atoms with E-state index in [2.05, 4.69) is 0 Å². The van der Waals surface area contributed by atoms with Gasteiger partial charge >= 0.3 is 0 Å². The van der Waals surface area contributed by atoms with Crippen LogP contribution >= 0.6 is 22.6 Å². The quantitative estimate of drug-likeness (QED) is 0.792. The lowest BCUT2D eigenvalue weighted by molar-refractivity contribution is 0.0502. The zero-order chi connectivity index (χ0) is 13.1. The van der Waals surface area contributed by atoms with Crippen molar-refractivity contribution in [2.45, 2.75) is 25.3 Å². The Bertz CT molecular complexity index is 450. The smallest absolute Gasteiger partial charge is 0.254 e. The lowest BCUT2D eigenvalue weighted by Gasteiger charge is -2.34. The Morgan fingerprint density at radius 3 is 2.89 bits per heavy atom. The van der Waals surface area contributed by atoms with Crippen LogP contribution in [0.5, 0.6) is 5.75 Å². The molecule has 18 heavy (non-hydrogen) atoms. The Labute approximate surface area is 120 Å². The van der Waals surface area contributed by atoms with Gasteiger partial charge in [0.25, 0.3) is 5.91 Å². The summed E-state index contributed by atoms with van der Waals surface area (Å²) in [6, 6.07) is 4.84. The van der Waals surface area contributed by atoms with Gasteiger partial charge in [-0.3, -0.25) is 4.79 Å². The molecule has 1 amide bonds. The van der Waals surface area contributed by atoms with Gasteiger partial charge in [-0.2, -0.15) is 0 Å². The summed E-state index contributed by atoms with van der Waals surface area (Å²) in [6.07, 6.45) is 2.87. The normalized spacial score (nSPS) is 19.9. The zero-order valence-corrected chi connectivity index (χ0v) is 12.1. The molecule has 1 fully saturated rings. The van der Waals surface area contributed by atoms with Crippen LogP contribution < -0.4 is 0 Å². The summed E-state index contributed by atoms with van der Waals surface area (Å²) in [5.41, 5.74) is 0.480. The monoisotopic (exact) mass is 361 g/mol. The van der Waals surface area contributed by atoms with Crippen LogP contribution in [-0.2, 0) is 0 Å². The van der Waals surface area contributed by atoms with Gasteiger partial charge in [-0.05, 0) is 60.1 Å². The number of piperidine rings is 1. The van der Waals surface area contributed by atoms with E-state index < -0.39 is 0 Å². The number of nitrogens with zero attached hydrogens (tertiary/aromatic N) is 1. The highest BCUT2D eigenvalue weighted by atomic mass is 127. The highest BCUT2D eigenvalue weighted by Gasteiger charge is 2.27. The minimum atomic E-state index is -0.111. The van der Waals surface area contributed by atoms with Crippen LogP contribution in [0.2, 0.25) is 0 Å². The molecule has 98 valence electrons. The first kappa shape index (κ1) is 13.6. The van der Waals surface area contributed by atoms with Crippen molar-refractivity contribution in [3.05, 3.63) is 27.3 Å². The number of halogens is 1. The Kier molecular flexibility index (Phi) is 4.45. The van der Waals surface area contributed by atoms with Gasteiger partial charge in [-0.1, -0.05) is 0 Å². The summed E-state index contributed by atoms with van der Waals surface area (Å²) in [6.45, 7) is 0.679. The van der Waals surface area contributed by atoms with Crippen LogP contribution in [0, 0.1) is 3.57 Å². The predicted octanol–water partition coefficient (Wildman–Crippen LogP) is 1.98. The first-order chi connectivity index (χ1) is 8.63. The number of hydrogen-bond acceptors (Lipinski definition) is 3. The highest BCUT2D eigenvalue weighted by Crippen LogP contribution is 2.24. The van der Waals surface area contributed by atoms with Crippen molar-refractivity contribution >= 4 is 28.5 Å². The van der Waals surface area contributed by atoms with E-state index in [4.69, 9.17) is 0 Å². The van der Waals surface area contributed by atoms with Crippen LogP contribution in [0.1, 0.15) is 29.6 Å². The molecule has 1 atom stereocenters. The molecule has 1 aliphatic rings. The van der Waals surface area contributed by atoms with Crippen LogP contribution in [0.4, 0.5) is 0 Å². The van der Waals surface area contributed by atoms with Gasteiger partial charge in [0.15, 0.2) is 0 Å². The second-order valence-corrected chi connectivity index (χ2v) is 5.66. The largest absolute Gasteiger partial charge is 0.507 e. The molecule has 0 saturated carbocycles. The number of rotatable bonds is 2. The van der Waals surface area contributed by atoms with Crippen LogP contribution in [0.3, 0.4) is 0 Å². The number of aliphatic hydroxyl groups is 1. The SMILES string of the molecule is O=C(c1ccc(I)c(O)c1)N1CCCCC1CO. The molecular formula is C13H16INO3. The Morgan fingerprint density at radius 1 is 1.44 bits per heavy atom. The molecule has 4 nitrogen and oxygen atoms in total. The molecule has 1 aromatic rings. The Hall–Kier alpha value is -0.820. The van der Waals surface area contributed by atoms with Crippen LogP contribution in [-0.4, -0.2) is 40.2 Å². The van der Waals surface area contributed by atoms with Gasteiger partial charge < -0.3 is 15.1 Å². The number of amides is 1. The fraction of sp³-hybridized carbons (Fsp3) is 0.462. The molecule has 0 bridgehead atoms. The van der Waals surface area contributed by atoms with Gasteiger partial charge in [0.1, 0.15) is 5.75 Å². The minimum absolute atomic E-state index is 0.00207. The summed E-state index contributed by atoms with van der Waals surface area (Å²) in [5.74, 6) is 0.0134. The van der Waals surface area contributed by atoms with E-state index in [1.54, 1.807) is 17.0 Å². The lowest BCUT2D eigenvalue weighted by Crippen LogP contribution is -2.45. The number of carbonyl (C=O) groups is 1. The van der Waals surface area contributed by atoms with E-state index in [0.29, 0.717) is 12.1 Å². The average molecular weight is 361 g/mol. The third-order valence-electron chi connectivity index (χ3n) is 3.29. The maximum atomic E-state index is 12.3. The Morgan fingerprint density at radius 2 is 2.22 bits per heavy atom. The minimum Gasteiger partial charge on any atom is -0.507 e. The van der Waals surface area contributed by atoms with Crippen molar-refractivity contribution in [1.82, 2.24) is 4.90 Å². The molecule has 1 aliphatic heterocycles. The number of benzene rings is 1. The van der Waals surface area contributed by atoms with E-state index in [0.717, 1.165) is 22.8 Å². The third-order valence-corrected chi connectivity index (χ3v) is 4.20. The number of aliphatic hydroxyl groups excluding tert-OH is 1.